The number of hydrogen-bond donors (Lipinski definition) is 0. The number of aldehydes is 1. The van der Waals surface area contributed by atoms with E-state index < -0.39 is 0 Å². The zero-order valence-electron chi connectivity index (χ0n) is 13.9. The molecule has 118 valence electrons. The highest BCUT2D eigenvalue weighted by Gasteiger charge is 1.98. The molecule has 1 unspecified atom stereocenters. The first kappa shape index (κ1) is 19.4. The molecule has 0 bridgehead atoms. The predicted molar refractivity (Wildman–Crippen MR) is 90.1 cm³/mol. The van der Waals surface area contributed by atoms with Crippen LogP contribution in [0.25, 0.3) is 0 Å². The van der Waals surface area contributed by atoms with Crippen LogP contribution in [0.1, 0.15) is 97.3 Å². The molecular formula is C19H36O. The van der Waals surface area contributed by atoms with Crippen molar-refractivity contribution in [1.82, 2.24) is 0 Å². The van der Waals surface area contributed by atoms with Crippen LogP contribution in [0.4, 0.5) is 0 Å². The van der Waals surface area contributed by atoms with Gasteiger partial charge in [0.05, 0.1) is 0 Å². The van der Waals surface area contributed by atoms with Crippen molar-refractivity contribution in [1.29, 1.82) is 0 Å². The van der Waals surface area contributed by atoms with Crippen LogP contribution in [0.3, 0.4) is 0 Å². The maximum Gasteiger partial charge on any atom is 0.119 e. The van der Waals surface area contributed by atoms with Crippen molar-refractivity contribution >= 4 is 6.29 Å². The van der Waals surface area contributed by atoms with Gasteiger partial charge in [-0.2, -0.15) is 0 Å². The lowest BCUT2D eigenvalue weighted by Crippen LogP contribution is -1.92. The lowest BCUT2D eigenvalue weighted by atomic mass is 9.99. The van der Waals surface area contributed by atoms with Crippen LogP contribution >= 0.6 is 0 Å². The number of rotatable bonds is 15. The molecule has 1 atom stereocenters. The highest BCUT2D eigenvalue weighted by Crippen LogP contribution is 2.14. The molecule has 0 rings (SSSR count). The summed E-state index contributed by atoms with van der Waals surface area (Å²) in [5.41, 5.74) is 0. The van der Waals surface area contributed by atoms with Crippen molar-refractivity contribution in [2.75, 3.05) is 0 Å². The zero-order valence-corrected chi connectivity index (χ0v) is 13.9. The van der Waals surface area contributed by atoms with E-state index in [0.29, 0.717) is 0 Å². The van der Waals surface area contributed by atoms with Gasteiger partial charge in [-0.25, -0.2) is 0 Å². The van der Waals surface area contributed by atoms with Gasteiger partial charge in [0.1, 0.15) is 6.29 Å². The third kappa shape index (κ3) is 15.5. The standard InChI is InChI=1S/C19H36O/c1-3-4-5-13-16-19(2)17-14-11-9-7-6-8-10-12-15-18-20/h11,14,18-19H,3-10,12-13,15-17H2,1-2H3/b14-11-. The van der Waals surface area contributed by atoms with E-state index in [1.54, 1.807) is 0 Å². The minimum atomic E-state index is 0.746. The van der Waals surface area contributed by atoms with Gasteiger partial charge in [-0.15, -0.1) is 0 Å². The maximum absolute atomic E-state index is 10.2. The van der Waals surface area contributed by atoms with Crippen molar-refractivity contribution in [3.8, 4) is 0 Å². The molecule has 0 aliphatic carbocycles. The summed E-state index contributed by atoms with van der Waals surface area (Å²) in [5, 5.41) is 0. The Kier molecular flexibility index (Phi) is 16.0. The van der Waals surface area contributed by atoms with Crippen LogP contribution in [0.5, 0.6) is 0 Å². The first-order valence-corrected chi connectivity index (χ1v) is 8.89. The molecule has 0 spiro atoms. The molecule has 0 N–H and O–H groups in total. The van der Waals surface area contributed by atoms with E-state index in [1.165, 1.54) is 70.6 Å². The summed E-state index contributed by atoms with van der Waals surface area (Å²) in [5.74, 6) is 0.853. The molecule has 20 heavy (non-hydrogen) atoms. The molecule has 0 aromatic carbocycles. The van der Waals surface area contributed by atoms with Crippen molar-refractivity contribution in [3.05, 3.63) is 12.2 Å². The number of carbonyl (C=O) groups is 1. The Morgan fingerprint density at radius 2 is 1.45 bits per heavy atom. The van der Waals surface area contributed by atoms with Crippen LogP contribution in [-0.2, 0) is 4.79 Å². The Bertz CT molecular complexity index is 220. The Morgan fingerprint density at radius 1 is 0.800 bits per heavy atom. The molecule has 0 saturated carbocycles. The SMILES string of the molecule is CCCCCCC(C)C/C=C\CCCCCCCC=O. The van der Waals surface area contributed by atoms with Gasteiger partial charge < -0.3 is 4.79 Å². The lowest BCUT2D eigenvalue weighted by Gasteiger charge is -2.07. The molecule has 1 nitrogen and oxygen atoms in total. The second-order valence-corrected chi connectivity index (χ2v) is 6.17. The van der Waals surface area contributed by atoms with Crippen LogP contribution in [0.2, 0.25) is 0 Å². The van der Waals surface area contributed by atoms with Crippen LogP contribution in [-0.4, -0.2) is 6.29 Å². The molecule has 0 aliphatic rings. The summed E-state index contributed by atoms with van der Waals surface area (Å²) in [6, 6.07) is 0. The summed E-state index contributed by atoms with van der Waals surface area (Å²) in [7, 11) is 0. The van der Waals surface area contributed by atoms with E-state index >= 15 is 0 Å². The number of allylic oxidation sites excluding steroid dienone is 2. The smallest absolute Gasteiger partial charge is 0.119 e. The molecule has 0 aliphatic heterocycles. The Hall–Kier alpha value is -0.590. The highest BCUT2D eigenvalue weighted by atomic mass is 16.1. The minimum Gasteiger partial charge on any atom is -0.303 e. The lowest BCUT2D eigenvalue weighted by molar-refractivity contribution is -0.107. The molecule has 0 amide bonds. The molecular weight excluding hydrogens is 244 g/mol. The summed E-state index contributed by atoms with van der Waals surface area (Å²) >= 11 is 0. The first-order chi connectivity index (χ1) is 9.81. The van der Waals surface area contributed by atoms with Crippen LogP contribution < -0.4 is 0 Å². The summed E-state index contributed by atoms with van der Waals surface area (Å²) in [6.07, 6.45) is 22.2. The van der Waals surface area contributed by atoms with Gasteiger partial charge in [0.15, 0.2) is 0 Å². The largest absolute Gasteiger partial charge is 0.303 e. The molecule has 0 saturated heterocycles. The van der Waals surface area contributed by atoms with E-state index in [0.717, 1.165) is 25.0 Å². The van der Waals surface area contributed by atoms with Gasteiger partial charge in [-0.3, -0.25) is 0 Å². The molecule has 0 fully saturated rings. The number of unbranched alkanes of at least 4 members (excludes halogenated alkanes) is 9. The molecule has 0 aromatic rings. The van der Waals surface area contributed by atoms with Crippen LogP contribution in [0, 0.1) is 5.92 Å². The van der Waals surface area contributed by atoms with E-state index in [2.05, 4.69) is 26.0 Å². The average molecular weight is 280 g/mol. The fraction of sp³-hybridized carbons (Fsp3) is 0.842. The molecule has 0 heterocycles. The maximum atomic E-state index is 10.2. The van der Waals surface area contributed by atoms with Gasteiger partial charge in [-0.05, 0) is 31.6 Å². The molecule has 0 aromatic heterocycles. The van der Waals surface area contributed by atoms with Gasteiger partial charge in [0, 0.05) is 6.42 Å². The van der Waals surface area contributed by atoms with E-state index in [9.17, 15) is 4.79 Å². The normalized spacial score (nSPS) is 12.9. The fourth-order valence-corrected chi connectivity index (χ4v) is 2.50. The van der Waals surface area contributed by atoms with E-state index in [1.807, 2.05) is 0 Å². The Morgan fingerprint density at radius 3 is 2.15 bits per heavy atom. The summed E-state index contributed by atoms with van der Waals surface area (Å²) in [6.45, 7) is 4.65. The van der Waals surface area contributed by atoms with Gasteiger partial charge in [0.2, 0.25) is 0 Å². The van der Waals surface area contributed by atoms with Crippen molar-refractivity contribution in [2.45, 2.75) is 97.3 Å². The fourth-order valence-electron chi connectivity index (χ4n) is 2.50. The molecule has 0 radical (unpaired) electrons. The van der Waals surface area contributed by atoms with Gasteiger partial charge in [0.25, 0.3) is 0 Å². The highest BCUT2D eigenvalue weighted by molar-refractivity contribution is 5.48. The van der Waals surface area contributed by atoms with Gasteiger partial charge in [-0.1, -0.05) is 77.4 Å². The molecule has 1 heteroatoms. The predicted octanol–water partition coefficient (Wildman–Crippen LogP) is 6.47. The summed E-state index contributed by atoms with van der Waals surface area (Å²) in [4.78, 5) is 10.2. The van der Waals surface area contributed by atoms with Crippen molar-refractivity contribution in [3.63, 3.8) is 0 Å². The first-order valence-electron chi connectivity index (χ1n) is 8.89. The topological polar surface area (TPSA) is 17.1 Å². The monoisotopic (exact) mass is 280 g/mol. The quantitative estimate of drug-likeness (QED) is 0.191. The average Bonchev–Trinajstić information content (AvgIpc) is 2.45. The second kappa shape index (κ2) is 16.5. The van der Waals surface area contributed by atoms with E-state index in [4.69, 9.17) is 0 Å². The zero-order chi connectivity index (χ0) is 14.9. The third-order valence-electron chi connectivity index (χ3n) is 3.95. The minimum absolute atomic E-state index is 0.746. The summed E-state index contributed by atoms with van der Waals surface area (Å²) < 4.78 is 0. The van der Waals surface area contributed by atoms with Crippen LogP contribution in [0.15, 0.2) is 12.2 Å². The Balaban J connectivity index is 3.23. The van der Waals surface area contributed by atoms with Crippen molar-refractivity contribution in [2.24, 2.45) is 5.92 Å². The number of hydrogen-bond acceptors (Lipinski definition) is 1. The number of carbonyl (C=O) groups excluding carboxylic acids is 1. The third-order valence-corrected chi connectivity index (χ3v) is 3.95. The van der Waals surface area contributed by atoms with Crippen molar-refractivity contribution < 1.29 is 4.79 Å². The second-order valence-electron chi connectivity index (χ2n) is 6.17. The van der Waals surface area contributed by atoms with Gasteiger partial charge >= 0.3 is 0 Å². The van der Waals surface area contributed by atoms with E-state index in [-0.39, 0.29) is 0 Å². The Labute approximate surface area is 127 Å².